The Hall–Kier alpha value is -1.10. The van der Waals surface area contributed by atoms with E-state index >= 15 is 0 Å². The number of piperidine rings is 1. The van der Waals surface area contributed by atoms with Crippen LogP contribution in [0.3, 0.4) is 0 Å². The molecular weight excluding hydrogens is 242 g/mol. The fourth-order valence-corrected chi connectivity index (χ4v) is 3.18. The molecule has 108 valence electrons. The first-order chi connectivity index (χ1) is 9.15. The zero-order valence-electron chi connectivity index (χ0n) is 11.8. The molecule has 19 heavy (non-hydrogen) atoms. The number of nitrogens with zero attached hydrogens (tertiary/aromatic N) is 2. The van der Waals surface area contributed by atoms with Crippen molar-refractivity contribution in [1.82, 2.24) is 9.80 Å². The van der Waals surface area contributed by atoms with Gasteiger partial charge in [0.25, 0.3) is 0 Å². The van der Waals surface area contributed by atoms with Crippen molar-refractivity contribution in [2.75, 3.05) is 26.2 Å². The summed E-state index contributed by atoms with van der Waals surface area (Å²) in [4.78, 5) is 27.5. The van der Waals surface area contributed by atoms with Gasteiger partial charge in [0.1, 0.15) is 0 Å². The van der Waals surface area contributed by atoms with E-state index in [0.29, 0.717) is 18.9 Å². The van der Waals surface area contributed by atoms with Crippen LogP contribution in [0.5, 0.6) is 0 Å². The van der Waals surface area contributed by atoms with Gasteiger partial charge in [0.05, 0.1) is 6.54 Å². The maximum Gasteiger partial charge on any atom is 0.242 e. The largest absolute Gasteiger partial charge is 0.337 e. The molecule has 2 atom stereocenters. The first-order valence-corrected chi connectivity index (χ1v) is 7.43. The molecule has 0 saturated carbocycles. The van der Waals surface area contributed by atoms with Crippen molar-refractivity contribution in [1.29, 1.82) is 0 Å². The van der Waals surface area contributed by atoms with Crippen LogP contribution in [0.1, 0.15) is 39.0 Å². The maximum atomic E-state index is 12.3. The van der Waals surface area contributed by atoms with Crippen LogP contribution in [0.25, 0.3) is 0 Å². The Kier molecular flexibility index (Phi) is 4.80. The lowest BCUT2D eigenvalue weighted by Crippen LogP contribution is -2.52. The summed E-state index contributed by atoms with van der Waals surface area (Å²) in [6.45, 7) is 4.48. The van der Waals surface area contributed by atoms with Gasteiger partial charge >= 0.3 is 0 Å². The summed E-state index contributed by atoms with van der Waals surface area (Å²) < 4.78 is 0. The van der Waals surface area contributed by atoms with Crippen LogP contribution in [0.2, 0.25) is 0 Å². The molecule has 2 saturated heterocycles. The van der Waals surface area contributed by atoms with Crippen molar-refractivity contribution in [2.24, 2.45) is 11.7 Å². The quantitative estimate of drug-likeness (QED) is 0.810. The van der Waals surface area contributed by atoms with E-state index in [4.69, 9.17) is 5.73 Å². The van der Waals surface area contributed by atoms with Crippen LogP contribution in [0, 0.1) is 5.92 Å². The summed E-state index contributed by atoms with van der Waals surface area (Å²) in [6, 6.07) is 0.156. The lowest BCUT2D eigenvalue weighted by atomic mass is 9.89. The predicted molar refractivity (Wildman–Crippen MR) is 73.4 cm³/mol. The average molecular weight is 267 g/mol. The lowest BCUT2D eigenvalue weighted by molar-refractivity contribution is -0.141. The lowest BCUT2D eigenvalue weighted by Gasteiger charge is -2.39. The summed E-state index contributed by atoms with van der Waals surface area (Å²) in [5, 5.41) is 0. The van der Waals surface area contributed by atoms with Crippen LogP contribution < -0.4 is 5.73 Å². The highest BCUT2D eigenvalue weighted by molar-refractivity contribution is 5.86. The Morgan fingerprint density at radius 2 is 2.21 bits per heavy atom. The van der Waals surface area contributed by atoms with E-state index in [0.717, 1.165) is 38.8 Å². The number of hydrogen-bond acceptors (Lipinski definition) is 3. The molecule has 0 aromatic carbocycles. The van der Waals surface area contributed by atoms with Crippen molar-refractivity contribution in [3.63, 3.8) is 0 Å². The number of likely N-dealkylation sites (tertiary alicyclic amines) is 2. The van der Waals surface area contributed by atoms with Crippen molar-refractivity contribution >= 4 is 11.8 Å². The van der Waals surface area contributed by atoms with E-state index in [-0.39, 0.29) is 24.4 Å². The number of rotatable bonds is 4. The molecule has 5 heteroatoms. The van der Waals surface area contributed by atoms with Crippen molar-refractivity contribution < 1.29 is 9.59 Å². The zero-order chi connectivity index (χ0) is 13.8. The molecule has 2 aliphatic heterocycles. The fraction of sp³-hybridized carbons (Fsp3) is 0.857. The van der Waals surface area contributed by atoms with Gasteiger partial charge in [-0.25, -0.2) is 0 Å². The van der Waals surface area contributed by atoms with Crippen LogP contribution in [-0.2, 0) is 9.59 Å². The Labute approximate surface area is 115 Å². The predicted octanol–water partition coefficient (Wildman–Crippen LogP) is 0.585. The van der Waals surface area contributed by atoms with E-state index in [9.17, 15) is 9.59 Å². The van der Waals surface area contributed by atoms with E-state index < -0.39 is 0 Å². The number of hydrogen-bond donors (Lipinski definition) is 1. The summed E-state index contributed by atoms with van der Waals surface area (Å²) in [6.07, 6.45) is 4.69. The van der Waals surface area contributed by atoms with Gasteiger partial charge in [-0.1, -0.05) is 13.3 Å². The third kappa shape index (κ3) is 3.26. The molecule has 5 nitrogen and oxygen atoms in total. The van der Waals surface area contributed by atoms with Gasteiger partial charge in [-0.15, -0.1) is 0 Å². The Bertz CT molecular complexity index is 346. The summed E-state index contributed by atoms with van der Waals surface area (Å²) in [7, 11) is 0. The maximum absolute atomic E-state index is 12.3. The number of nitrogens with two attached hydrogens (primary N) is 1. The monoisotopic (exact) mass is 267 g/mol. The van der Waals surface area contributed by atoms with Crippen molar-refractivity contribution in [2.45, 2.75) is 45.1 Å². The van der Waals surface area contributed by atoms with E-state index in [2.05, 4.69) is 6.92 Å². The molecule has 2 heterocycles. The highest BCUT2D eigenvalue weighted by atomic mass is 16.2. The van der Waals surface area contributed by atoms with Gasteiger partial charge in [0, 0.05) is 32.1 Å². The van der Waals surface area contributed by atoms with Crippen LogP contribution >= 0.6 is 0 Å². The van der Waals surface area contributed by atoms with Gasteiger partial charge in [-0.05, 0) is 25.2 Å². The van der Waals surface area contributed by atoms with Crippen molar-refractivity contribution in [3.05, 3.63) is 0 Å². The first-order valence-electron chi connectivity index (χ1n) is 7.43. The molecule has 0 spiro atoms. The molecule has 2 N–H and O–H groups in total. The SMILES string of the molecule is CCC1CCN(C(=O)CN2CCCC2=O)C(CN)C1. The molecule has 0 aromatic rings. The third-order valence-electron chi connectivity index (χ3n) is 4.49. The van der Waals surface area contributed by atoms with Gasteiger partial charge in [-0.2, -0.15) is 0 Å². The van der Waals surface area contributed by atoms with Gasteiger partial charge in [0.15, 0.2) is 0 Å². The Morgan fingerprint density at radius 3 is 2.79 bits per heavy atom. The third-order valence-corrected chi connectivity index (χ3v) is 4.49. The minimum atomic E-state index is 0.0697. The Morgan fingerprint density at radius 1 is 1.42 bits per heavy atom. The minimum absolute atomic E-state index is 0.0697. The zero-order valence-corrected chi connectivity index (χ0v) is 11.8. The second kappa shape index (κ2) is 6.37. The topological polar surface area (TPSA) is 66.6 Å². The van der Waals surface area contributed by atoms with Gasteiger partial charge in [-0.3, -0.25) is 9.59 Å². The highest BCUT2D eigenvalue weighted by Crippen LogP contribution is 2.25. The fourth-order valence-electron chi connectivity index (χ4n) is 3.18. The highest BCUT2D eigenvalue weighted by Gasteiger charge is 2.32. The summed E-state index contributed by atoms with van der Waals surface area (Å²) in [5.41, 5.74) is 5.81. The van der Waals surface area contributed by atoms with E-state index in [1.807, 2.05) is 4.90 Å². The van der Waals surface area contributed by atoms with E-state index in [1.165, 1.54) is 0 Å². The number of carbonyl (C=O) groups is 2. The van der Waals surface area contributed by atoms with Crippen LogP contribution in [-0.4, -0.2) is 53.8 Å². The average Bonchev–Trinajstić information content (AvgIpc) is 2.83. The molecule has 2 rings (SSSR count). The molecule has 0 bridgehead atoms. The molecule has 0 aliphatic carbocycles. The molecule has 0 radical (unpaired) electrons. The molecule has 2 unspecified atom stereocenters. The number of amides is 2. The summed E-state index contributed by atoms with van der Waals surface area (Å²) in [5.74, 6) is 0.868. The van der Waals surface area contributed by atoms with Crippen LogP contribution in [0.4, 0.5) is 0 Å². The van der Waals surface area contributed by atoms with Crippen molar-refractivity contribution in [3.8, 4) is 0 Å². The normalized spacial score (nSPS) is 28.0. The first kappa shape index (κ1) is 14.3. The number of carbonyl (C=O) groups excluding carboxylic acids is 2. The molecule has 2 aliphatic rings. The van der Waals surface area contributed by atoms with Crippen LogP contribution in [0.15, 0.2) is 0 Å². The molecule has 0 aromatic heterocycles. The Balaban J connectivity index is 1.92. The van der Waals surface area contributed by atoms with Gasteiger partial charge < -0.3 is 15.5 Å². The van der Waals surface area contributed by atoms with Gasteiger partial charge in [0.2, 0.25) is 11.8 Å². The molecule has 2 fully saturated rings. The van der Waals surface area contributed by atoms with E-state index in [1.54, 1.807) is 4.90 Å². The standard InChI is InChI=1S/C14H25N3O2/c1-2-11-5-7-17(12(8-11)9-15)14(19)10-16-6-3-4-13(16)18/h11-12H,2-10,15H2,1H3. The summed E-state index contributed by atoms with van der Waals surface area (Å²) >= 11 is 0. The minimum Gasteiger partial charge on any atom is -0.337 e. The second-order valence-corrected chi connectivity index (χ2v) is 5.69. The molecular formula is C14H25N3O2. The second-order valence-electron chi connectivity index (χ2n) is 5.69. The molecule has 2 amide bonds. The smallest absolute Gasteiger partial charge is 0.242 e.